The van der Waals surface area contributed by atoms with Crippen LogP contribution in [-0.2, 0) is 29.0 Å². The minimum atomic E-state index is -4.20. The van der Waals surface area contributed by atoms with Crippen molar-refractivity contribution in [1.82, 2.24) is 5.48 Å². The molecule has 7 nitrogen and oxygen atoms in total. The van der Waals surface area contributed by atoms with Crippen LogP contribution in [0.2, 0.25) is 0 Å². The second-order valence-corrected chi connectivity index (χ2v) is 6.76. The van der Waals surface area contributed by atoms with E-state index in [1.54, 1.807) is 26.8 Å². The van der Waals surface area contributed by atoms with Crippen LogP contribution in [0.25, 0.3) is 0 Å². The predicted octanol–water partition coefficient (Wildman–Crippen LogP) is 1.90. The fraction of sp³-hybridized carbons (Fsp3) is 0.467. The van der Waals surface area contributed by atoms with Gasteiger partial charge in [0.2, 0.25) is 0 Å². The number of hydrogen-bond acceptors (Lipinski definition) is 6. The molecule has 0 saturated carbocycles. The number of carbonyl (C=O) groups excluding carboxylic acids is 2. The van der Waals surface area contributed by atoms with Gasteiger partial charge in [-0.1, -0.05) is 22.3 Å². The predicted molar refractivity (Wildman–Crippen MR) is 82.6 cm³/mol. The van der Waals surface area contributed by atoms with Crippen molar-refractivity contribution in [3.8, 4) is 0 Å². The van der Waals surface area contributed by atoms with E-state index in [-0.39, 0.29) is 17.1 Å². The van der Waals surface area contributed by atoms with Gasteiger partial charge < -0.3 is 0 Å². The molecule has 0 heterocycles. The first-order valence-corrected chi connectivity index (χ1v) is 8.49. The molecule has 0 fully saturated rings. The van der Waals surface area contributed by atoms with E-state index >= 15 is 0 Å². The van der Waals surface area contributed by atoms with Gasteiger partial charge in [0.1, 0.15) is 5.78 Å². The molecule has 0 aliphatic carbocycles. The number of carbonyl (C=O) groups is 2. The molecule has 0 aromatic heterocycles. The maximum atomic E-state index is 12.1. The summed E-state index contributed by atoms with van der Waals surface area (Å²) in [6, 6.07) is 3.06. The SMILES string of the molecule is CCC(C(C)=O)C(=O)NOOS(=O)(=O)c1ccc(C)c(C)c1C. The number of benzene rings is 1. The van der Waals surface area contributed by atoms with Crippen LogP contribution in [0.1, 0.15) is 37.0 Å². The lowest BCUT2D eigenvalue weighted by atomic mass is 10.0. The monoisotopic (exact) mass is 343 g/mol. The number of nitrogens with one attached hydrogen (secondary N) is 1. The van der Waals surface area contributed by atoms with Crippen LogP contribution in [0.4, 0.5) is 0 Å². The average molecular weight is 343 g/mol. The van der Waals surface area contributed by atoms with Crippen molar-refractivity contribution in [2.45, 2.75) is 45.9 Å². The van der Waals surface area contributed by atoms with Crippen molar-refractivity contribution in [2.75, 3.05) is 0 Å². The highest BCUT2D eigenvalue weighted by atomic mass is 32.2. The molecule has 1 rings (SSSR count). The molecule has 1 aromatic carbocycles. The summed E-state index contributed by atoms with van der Waals surface area (Å²) in [4.78, 5) is 27.2. The molecule has 0 saturated heterocycles. The number of hydrogen-bond donors (Lipinski definition) is 1. The summed E-state index contributed by atoms with van der Waals surface area (Å²) in [5, 5.41) is 0. The molecule has 1 aromatic rings. The first-order chi connectivity index (χ1) is 10.6. The number of rotatable bonds is 7. The lowest BCUT2D eigenvalue weighted by Gasteiger charge is -2.12. The molecule has 0 bridgehead atoms. The maximum absolute atomic E-state index is 12.1. The van der Waals surface area contributed by atoms with Crippen LogP contribution in [-0.4, -0.2) is 20.1 Å². The van der Waals surface area contributed by atoms with Crippen LogP contribution in [0.3, 0.4) is 0 Å². The Morgan fingerprint density at radius 1 is 1.17 bits per heavy atom. The summed E-state index contributed by atoms with van der Waals surface area (Å²) in [6.45, 7) is 8.24. The minimum Gasteiger partial charge on any atom is -0.299 e. The smallest absolute Gasteiger partial charge is 0.299 e. The van der Waals surface area contributed by atoms with Crippen LogP contribution in [0, 0.1) is 26.7 Å². The van der Waals surface area contributed by atoms with E-state index in [9.17, 15) is 18.0 Å². The maximum Gasteiger partial charge on any atom is 0.325 e. The molecule has 1 unspecified atom stereocenters. The van der Waals surface area contributed by atoms with Crippen molar-refractivity contribution >= 4 is 21.8 Å². The number of amides is 1. The molecule has 0 aliphatic heterocycles. The van der Waals surface area contributed by atoms with Gasteiger partial charge in [-0.05, 0) is 56.9 Å². The van der Waals surface area contributed by atoms with E-state index in [4.69, 9.17) is 0 Å². The van der Waals surface area contributed by atoms with Gasteiger partial charge in [0.05, 0.1) is 10.8 Å². The third kappa shape index (κ3) is 4.60. The molecule has 1 N–H and O–H groups in total. The molecule has 23 heavy (non-hydrogen) atoms. The highest BCUT2D eigenvalue weighted by Gasteiger charge is 2.24. The zero-order valence-corrected chi connectivity index (χ0v) is 14.6. The molecule has 0 radical (unpaired) electrons. The van der Waals surface area contributed by atoms with Crippen molar-refractivity contribution in [3.63, 3.8) is 0 Å². The summed E-state index contributed by atoms with van der Waals surface area (Å²) in [5.41, 5.74) is 4.13. The van der Waals surface area contributed by atoms with Gasteiger partial charge in [-0.15, -0.1) is 0 Å². The van der Waals surface area contributed by atoms with Gasteiger partial charge in [-0.25, -0.2) is 5.48 Å². The summed E-state index contributed by atoms with van der Waals surface area (Å²) in [6.07, 6.45) is 0.271. The number of ketones is 1. The zero-order valence-electron chi connectivity index (χ0n) is 13.8. The van der Waals surface area contributed by atoms with Gasteiger partial charge in [0.25, 0.3) is 5.91 Å². The quantitative estimate of drug-likeness (QED) is 0.461. The standard InChI is InChI=1S/C15H21NO6S/c1-6-13(12(5)17)15(18)16-21-22-23(19,20)14-8-7-9(2)10(3)11(14)4/h7-8,13H,6H2,1-5H3,(H,16,18). The molecule has 0 spiro atoms. The lowest BCUT2D eigenvalue weighted by molar-refractivity contribution is -0.250. The van der Waals surface area contributed by atoms with Crippen LogP contribution in [0.5, 0.6) is 0 Å². The molecule has 0 aliphatic rings. The number of Topliss-reactive ketones (excluding diaryl/α,β-unsaturated/α-hetero) is 1. The van der Waals surface area contributed by atoms with E-state index in [2.05, 4.69) is 9.32 Å². The van der Waals surface area contributed by atoms with E-state index in [1.807, 2.05) is 12.4 Å². The Balaban J connectivity index is 2.80. The average Bonchev–Trinajstić information content (AvgIpc) is 2.44. The summed E-state index contributed by atoms with van der Waals surface area (Å²) >= 11 is 0. The van der Waals surface area contributed by atoms with E-state index in [0.717, 1.165) is 11.1 Å². The summed E-state index contributed by atoms with van der Waals surface area (Å²) < 4.78 is 28.6. The van der Waals surface area contributed by atoms with Crippen molar-refractivity contribution in [2.24, 2.45) is 5.92 Å². The third-order valence-corrected chi connectivity index (χ3v) is 4.99. The second kappa shape index (κ2) is 7.67. The third-order valence-electron chi connectivity index (χ3n) is 3.76. The number of aryl methyl sites for hydroxylation is 1. The highest BCUT2D eigenvalue weighted by Crippen LogP contribution is 2.23. The first kappa shape index (κ1) is 19.3. The van der Waals surface area contributed by atoms with Crippen LogP contribution < -0.4 is 5.48 Å². The molecule has 1 atom stereocenters. The Hall–Kier alpha value is -1.77. The first-order valence-electron chi connectivity index (χ1n) is 7.09. The van der Waals surface area contributed by atoms with Crippen molar-refractivity contribution < 1.29 is 27.3 Å². The molecule has 1 amide bonds. The Morgan fingerprint density at radius 2 is 1.78 bits per heavy atom. The van der Waals surface area contributed by atoms with Crippen molar-refractivity contribution in [3.05, 3.63) is 28.8 Å². The normalized spacial score (nSPS) is 12.7. The Labute approximate surface area is 136 Å². The topological polar surface area (TPSA) is 98.8 Å². The summed E-state index contributed by atoms with van der Waals surface area (Å²) in [5.74, 6) is -2.02. The molecular weight excluding hydrogens is 322 g/mol. The highest BCUT2D eigenvalue weighted by molar-refractivity contribution is 7.86. The lowest BCUT2D eigenvalue weighted by Crippen LogP contribution is -2.34. The van der Waals surface area contributed by atoms with Gasteiger partial charge >= 0.3 is 10.1 Å². The Morgan fingerprint density at radius 3 is 2.30 bits per heavy atom. The fourth-order valence-corrected chi connectivity index (χ4v) is 3.03. The molecule has 128 valence electrons. The zero-order chi connectivity index (χ0) is 17.8. The van der Waals surface area contributed by atoms with Gasteiger partial charge in [-0.2, -0.15) is 8.42 Å². The molecule has 8 heteroatoms. The number of hydroxylamine groups is 1. The summed E-state index contributed by atoms with van der Waals surface area (Å²) in [7, 11) is -4.20. The fourth-order valence-electron chi connectivity index (χ4n) is 2.07. The molecular formula is C15H21NO6S. The minimum absolute atomic E-state index is 0.0477. The van der Waals surface area contributed by atoms with Crippen LogP contribution >= 0.6 is 0 Å². The van der Waals surface area contributed by atoms with E-state index in [1.165, 1.54) is 13.0 Å². The van der Waals surface area contributed by atoms with Gasteiger partial charge in [0, 0.05) is 0 Å². The largest absolute Gasteiger partial charge is 0.325 e. The van der Waals surface area contributed by atoms with E-state index < -0.39 is 21.9 Å². The second-order valence-electron chi connectivity index (χ2n) is 5.27. The van der Waals surface area contributed by atoms with Crippen LogP contribution in [0.15, 0.2) is 17.0 Å². The van der Waals surface area contributed by atoms with Gasteiger partial charge in [-0.3, -0.25) is 9.59 Å². The van der Waals surface area contributed by atoms with Gasteiger partial charge in [0.15, 0.2) is 0 Å². The Kier molecular flexibility index (Phi) is 6.43. The van der Waals surface area contributed by atoms with Crippen molar-refractivity contribution in [1.29, 1.82) is 0 Å². The van der Waals surface area contributed by atoms with E-state index in [0.29, 0.717) is 5.56 Å². The Bertz CT molecular complexity index is 711.